The van der Waals surface area contributed by atoms with Gasteiger partial charge in [0.1, 0.15) is 5.76 Å². The van der Waals surface area contributed by atoms with E-state index in [2.05, 4.69) is 29.5 Å². The van der Waals surface area contributed by atoms with Crippen molar-refractivity contribution in [1.29, 1.82) is 0 Å². The van der Waals surface area contributed by atoms with Crippen LogP contribution in [0.25, 0.3) is 0 Å². The lowest BCUT2D eigenvalue weighted by molar-refractivity contribution is -0.130. The van der Waals surface area contributed by atoms with Gasteiger partial charge in [0.15, 0.2) is 5.96 Å². The number of carbonyl (C=O) groups is 1. The van der Waals surface area contributed by atoms with Crippen molar-refractivity contribution in [3.8, 4) is 0 Å². The Hall–Kier alpha value is -1.25. The summed E-state index contributed by atoms with van der Waals surface area (Å²) in [6.45, 7) is 8.45. The molecule has 0 unspecified atom stereocenters. The number of hydrogen-bond donors (Lipinski definition) is 2. The molecule has 7 heteroatoms. The maximum Gasteiger partial charge on any atom is 0.222 e. The number of nitrogens with one attached hydrogen (secondary N) is 2. The van der Waals surface area contributed by atoms with E-state index in [1.165, 1.54) is 6.42 Å². The zero-order chi connectivity index (χ0) is 18.6. The number of hydrogen-bond acceptors (Lipinski definition) is 3. The first-order valence-electron chi connectivity index (χ1n) is 9.97. The molecule has 0 atom stereocenters. The Bertz CT molecular complexity index is 546. The zero-order valence-electron chi connectivity index (χ0n) is 16.7. The van der Waals surface area contributed by atoms with Gasteiger partial charge in [-0.05, 0) is 37.3 Å². The average Bonchev–Trinajstić information content (AvgIpc) is 3.05. The summed E-state index contributed by atoms with van der Waals surface area (Å²) in [6.07, 6.45) is 7.53. The number of nitrogens with zero attached hydrogens (tertiary/aromatic N) is 2. The fraction of sp³-hybridized carbons (Fsp3) is 0.700. The Balaban J connectivity index is 0.00000364. The van der Waals surface area contributed by atoms with Crippen LogP contribution < -0.4 is 10.6 Å². The molecule has 27 heavy (non-hydrogen) atoms. The predicted molar refractivity (Wildman–Crippen MR) is 121 cm³/mol. The molecule has 1 aliphatic rings. The van der Waals surface area contributed by atoms with Crippen molar-refractivity contribution in [2.45, 2.75) is 52.4 Å². The van der Waals surface area contributed by atoms with Crippen molar-refractivity contribution in [1.82, 2.24) is 15.5 Å². The van der Waals surface area contributed by atoms with Crippen LogP contribution in [0.15, 0.2) is 27.8 Å². The molecule has 0 saturated carbocycles. The SMILES string of the molecule is CC(C)CN=C(NCCCN1CCCCCC1=O)NCCc1ccco1.I. The third-order valence-electron chi connectivity index (χ3n) is 4.43. The van der Waals surface area contributed by atoms with Gasteiger partial charge < -0.3 is 20.0 Å². The number of guanidine groups is 1. The molecular weight excluding hydrogens is 455 g/mol. The number of amides is 1. The van der Waals surface area contributed by atoms with Crippen molar-refractivity contribution >= 4 is 35.8 Å². The van der Waals surface area contributed by atoms with E-state index in [0.717, 1.165) is 70.1 Å². The van der Waals surface area contributed by atoms with Crippen LogP contribution in [-0.4, -0.2) is 49.5 Å². The van der Waals surface area contributed by atoms with Gasteiger partial charge in [0.2, 0.25) is 5.91 Å². The van der Waals surface area contributed by atoms with Gasteiger partial charge in [0, 0.05) is 45.6 Å². The van der Waals surface area contributed by atoms with Gasteiger partial charge in [-0.2, -0.15) is 0 Å². The van der Waals surface area contributed by atoms with Crippen LogP contribution >= 0.6 is 24.0 Å². The van der Waals surface area contributed by atoms with Crippen LogP contribution in [-0.2, 0) is 11.2 Å². The molecule has 6 nitrogen and oxygen atoms in total. The van der Waals surface area contributed by atoms with E-state index in [1.54, 1.807) is 6.26 Å². The summed E-state index contributed by atoms with van der Waals surface area (Å²) >= 11 is 0. The van der Waals surface area contributed by atoms with Crippen molar-refractivity contribution in [3.05, 3.63) is 24.2 Å². The average molecular weight is 490 g/mol. The molecule has 1 aromatic rings. The van der Waals surface area contributed by atoms with Gasteiger partial charge in [0.05, 0.1) is 6.26 Å². The largest absolute Gasteiger partial charge is 0.469 e. The first-order chi connectivity index (χ1) is 12.6. The normalized spacial score (nSPS) is 15.4. The first kappa shape index (κ1) is 23.8. The van der Waals surface area contributed by atoms with Crippen molar-refractivity contribution in [2.24, 2.45) is 10.9 Å². The maximum absolute atomic E-state index is 12.0. The molecule has 1 saturated heterocycles. The molecule has 1 aromatic heterocycles. The topological polar surface area (TPSA) is 69.9 Å². The van der Waals surface area contributed by atoms with E-state index in [-0.39, 0.29) is 24.0 Å². The zero-order valence-corrected chi connectivity index (χ0v) is 19.0. The fourth-order valence-electron chi connectivity index (χ4n) is 2.96. The Morgan fingerprint density at radius 3 is 2.81 bits per heavy atom. The number of rotatable bonds is 9. The summed E-state index contributed by atoms with van der Waals surface area (Å²) in [5, 5.41) is 6.76. The molecule has 2 heterocycles. The minimum atomic E-state index is 0. The number of furan rings is 1. The number of aliphatic imine (C=N–C) groups is 1. The van der Waals surface area contributed by atoms with Gasteiger partial charge in [-0.25, -0.2) is 0 Å². The third-order valence-corrected chi connectivity index (χ3v) is 4.43. The minimum Gasteiger partial charge on any atom is -0.469 e. The fourth-order valence-corrected chi connectivity index (χ4v) is 2.96. The summed E-state index contributed by atoms with van der Waals surface area (Å²) < 4.78 is 5.36. The Morgan fingerprint density at radius 2 is 2.07 bits per heavy atom. The minimum absolute atomic E-state index is 0. The van der Waals surface area contributed by atoms with E-state index in [1.807, 2.05) is 17.0 Å². The Morgan fingerprint density at radius 1 is 1.26 bits per heavy atom. The standard InChI is InChI=1S/C20H34N4O2.HI/c1-17(2)16-23-20(22-12-10-18-8-6-15-26-18)21-11-7-14-24-13-5-3-4-9-19(24)25;/h6,8,15,17H,3-5,7,9-14,16H2,1-2H3,(H2,21,22,23);1H. The molecule has 0 spiro atoms. The molecule has 0 aromatic carbocycles. The second-order valence-corrected chi connectivity index (χ2v) is 7.31. The Labute approximate surface area is 180 Å². The third kappa shape index (κ3) is 10.0. The lowest BCUT2D eigenvalue weighted by Crippen LogP contribution is -2.40. The van der Waals surface area contributed by atoms with E-state index >= 15 is 0 Å². The van der Waals surface area contributed by atoms with Crippen LogP contribution in [0.3, 0.4) is 0 Å². The van der Waals surface area contributed by atoms with Gasteiger partial charge in [-0.15, -0.1) is 24.0 Å². The second-order valence-electron chi connectivity index (χ2n) is 7.31. The van der Waals surface area contributed by atoms with Gasteiger partial charge in [-0.1, -0.05) is 20.3 Å². The molecular formula is C20H35IN4O2. The molecule has 1 aliphatic heterocycles. The van der Waals surface area contributed by atoms with E-state index in [4.69, 9.17) is 4.42 Å². The quantitative estimate of drug-likeness (QED) is 0.241. The molecule has 0 bridgehead atoms. The van der Waals surface area contributed by atoms with Crippen LogP contribution in [0, 0.1) is 5.92 Å². The highest BCUT2D eigenvalue weighted by atomic mass is 127. The smallest absolute Gasteiger partial charge is 0.222 e. The Kier molecular flexibility index (Phi) is 12.2. The number of carbonyl (C=O) groups excluding carboxylic acids is 1. The van der Waals surface area contributed by atoms with Crippen LogP contribution in [0.1, 0.15) is 51.7 Å². The lowest BCUT2D eigenvalue weighted by Gasteiger charge is -2.21. The molecule has 0 radical (unpaired) electrons. The maximum atomic E-state index is 12.0. The van der Waals surface area contributed by atoms with Gasteiger partial charge in [0.25, 0.3) is 0 Å². The summed E-state index contributed by atoms with van der Waals surface area (Å²) in [7, 11) is 0. The van der Waals surface area contributed by atoms with Crippen LogP contribution in [0.2, 0.25) is 0 Å². The summed E-state index contributed by atoms with van der Waals surface area (Å²) in [4.78, 5) is 18.7. The second kappa shape index (κ2) is 13.8. The van der Waals surface area contributed by atoms with E-state index in [9.17, 15) is 4.79 Å². The number of likely N-dealkylation sites (tertiary alicyclic amines) is 1. The highest BCUT2D eigenvalue weighted by Crippen LogP contribution is 2.11. The summed E-state index contributed by atoms with van der Waals surface area (Å²) in [5.41, 5.74) is 0. The summed E-state index contributed by atoms with van der Waals surface area (Å²) in [5.74, 6) is 2.65. The lowest BCUT2D eigenvalue weighted by atomic mass is 10.2. The number of halogens is 1. The van der Waals surface area contributed by atoms with Gasteiger partial charge in [-0.3, -0.25) is 9.79 Å². The molecule has 1 fully saturated rings. The molecule has 1 amide bonds. The van der Waals surface area contributed by atoms with Crippen LogP contribution in [0.4, 0.5) is 0 Å². The molecule has 2 rings (SSSR count). The highest BCUT2D eigenvalue weighted by Gasteiger charge is 2.15. The molecule has 2 N–H and O–H groups in total. The molecule has 0 aliphatic carbocycles. The first-order valence-corrected chi connectivity index (χ1v) is 9.97. The van der Waals surface area contributed by atoms with Crippen molar-refractivity contribution < 1.29 is 9.21 Å². The summed E-state index contributed by atoms with van der Waals surface area (Å²) in [6, 6.07) is 3.89. The molecule has 154 valence electrons. The van der Waals surface area contributed by atoms with Crippen molar-refractivity contribution in [2.75, 3.05) is 32.7 Å². The van der Waals surface area contributed by atoms with Crippen LogP contribution in [0.5, 0.6) is 0 Å². The van der Waals surface area contributed by atoms with Crippen molar-refractivity contribution in [3.63, 3.8) is 0 Å². The van der Waals surface area contributed by atoms with Gasteiger partial charge >= 0.3 is 0 Å². The highest BCUT2D eigenvalue weighted by molar-refractivity contribution is 14.0. The van der Waals surface area contributed by atoms with E-state index < -0.39 is 0 Å². The predicted octanol–water partition coefficient (Wildman–Crippen LogP) is 3.42. The monoisotopic (exact) mass is 490 g/mol. The van der Waals surface area contributed by atoms with E-state index in [0.29, 0.717) is 18.2 Å².